The van der Waals surface area contributed by atoms with Crippen LogP contribution in [0.3, 0.4) is 0 Å². The van der Waals surface area contributed by atoms with Crippen molar-refractivity contribution in [1.29, 1.82) is 0 Å². The molecule has 3 aromatic rings. The zero-order valence-electron chi connectivity index (χ0n) is 20.5. The third-order valence-electron chi connectivity index (χ3n) is 7.93. The molecule has 0 radical (unpaired) electrons. The molecule has 1 aliphatic carbocycles. The molecular weight excluding hydrogens is 442 g/mol. The first-order chi connectivity index (χ1) is 17.0. The summed E-state index contributed by atoms with van der Waals surface area (Å²) in [6.07, 6.45) is 9.19. The lowest BCUT2D eigenvalue weighted by atomic mass is 9.68. The van der Waals surface area contributed by atoms with Gasteiger partial charge in [-0.3, -0.25) is 9.69 Å². The minimum Gasteiger partial charge on any atom is -0.368 e. The molecule has 6 rings (SSSR count). The Balaban J connectivity index is 1.24. The maximum absolute atomic E-state index is 12.6. The minimum atomic E-state index is -0.123. The molecule has 35 heavy (non-hydrogen) atoms. The maximum atomic E-state index is 12.6. The fraction of sp³-hybridized carbons (Fsp3) is 0.560. The van der Waals surface area contributed by atoms with Crippen molar-refractivity contribution in [3.05, 3.63) is 35.9 Å². The SMILES string of the molecule is CC(C)N1CCN(c2ccc(Nc3ncn4nc5c(c4n3)C3(CCCCC3)CNC5=O)nc2)CC1. The molecule has 3 aromatic heterocycles. The molecule has 0 unspecified atom stereocenters. The zero-order valence-corrected chi connectivity index (χ0v) is 20.5. The molecule has 5 heterocycles. The Hall–Kier alpha value is -3.27. The van der Waals surface area contributed by atoms with Gasteiger partial charge in [-0.1, -0.05) is 19.3 Å². The smallest absolute Gasteiger partial charge is 0.272 e. The molecule has 184 valence electrons. The van der Waals surface area contributed by atoms with Crippen molar-refractivity contribution in [3.63, 3.8) is 0 Å². The van der Waals surface area contributed by atoms with Crippen molar-refractivity contribution in [2.24, 2.45) is 0 Å². The predicted octanol–water partition coefficient (Wildman–Crippen LogP) is 2.74. The number of hydrogen-bond acceptors (Lipinski definition) is 8. The van der Waals surface area contributed by atoms with Gasteiger partial charge < -0.3 is 15.5 Å². The van der Waals surface area contributed by atoms with Gasteiger partial charge in [-0.2, -0.15) is 10.1 Å². The van der Waals surface area contributed by atoms with E-state index in [4.69, 9.17) is 4.98 Å². The second-order valence-corrected chi connectivity index (χ2v) is 10.3. The van der Waals surface area contributed by atoms with Crippen LogP contribution >= 0.6 is 0 Å². The fourth-order valence-corrected chi connectivity index (χ4v) is 5.89. The Morgan fingerprint density at radius 1 is 1.06 bits per heavy atom. The number of nitrogens with one attached hydrogen (secondary N) is 2. The van der Waals surface area contributed by atoms with Gasteiger partial charge in [0.05, 0.1) is 11.9 Å². The molecule has 1 saturated heterocycles. The van der Waals surface area contributed by atoms with Gasteiger partial charge in [0.2, 0.25) is 5.95 Å². The van der Waals surface area contributed by atoms with Crippen LogP contribution in [-0.4, -0.2) is 74.1 Å². The molecular formula is C25H33N9O. The molecule has 1 spiro atoms. The summed E-state index contributed by atoms with van der Waals surface area (Å²) in [5.74, 6) is 1.03. The van der Waals surface area contributed by atoms with E-state index in [1.54, 1.807) is 10.8 Å². The van der Waals surface area contributed by atoms with E-state index < -0.39 is 0 Å². The number of piperazine rings is 1. The van der Waals surface area contributed by atoms with Crippen LogP contribution in [0.25, 0.3) is 5.65 Å². The van der Waals surface area contributed by atoms with E-state index in [0.717, 1.165) is 63.1 Å². The van der Waals surface area contributed by atoms with Crippen LogP contribution in [0.5, 0.6) is 0 Å². The highest BCUT2D eigenvalue weighted by Crippen LogP contribution is 2.43. The van der Waals surface area contributed by atoms with Gasteiger partial charge in [0.25, 0.3) is 5.91 Å². The second-order valence-electron chi connectivity index (χ2n) is 10.3. The van der Waals surface area contributed by atoms with Gasteiger partial charge in [-0.25, -0.2) is 14.5 Å². The summed E-state index contributed by atoms with van der Waals surface area (Å²) in [5, 5.41) is 10.8. The number of carbonyl (C=O) groups excluding carboxylic acids is 1. The lowest BCUT2D eigenvalue weighted by molar-refractivity contribution is 0.0907. The molecule has 10 heteroatoms. The highest BCUT2D eigenvalue weighted by atomic mass is 16.2. The normalized spacial score (nSPS) is 20.3. The van der Waals surface area contributed by atoms with Crippen LogP contribution in [0.15, 0.2) is 24.7 Å². The average molecular weight is 476 g/mol. The number of hydrogen-bond donors (Lipinski definition) is 2. The fourth-order valence-electron chi connectivity index (χ4n) is 5.89. The van der Waals surface area contributed by atoms with E-state index >= 15 is 0 Å². The number of amides is 1. The molecule has 1 amide bonds. The minimum absolute atomic E-state index is 0.0889. The molecule has 0 bridgehead atoms. The second kappa shape index (κ2) is 8.75. The quantitative estimate of drug-likeness (QED) is 0.594. The molecule has 10 nitrogen and oxygen atoms in total. The summed E-state index contributed by atoms with van der Waals surface area (Å²) in [4.78, 5) is 31.3. The van der Waals surface area contributed by atoms with E-state index in [2.05, 4.69) is 55.4 Å². The number of carbonyl (C=O) groups is 1. The van der Waals surface area contributed by atoms with Crippen LogP contribution in [0.4, 0.5) is 17.5 Å². The summed E-state index contributed by atoms with van der Waals surface area (Å²) in [6.45, 7) is 9.31. The standard InChI is InChI=1S/C25H33N9O/c1-17(2)32-10-12-33(13-11-32)18-6-7-19(26-14-18)29-24-28-16-34-22(30-24)20-21(31-34)23(35)27-15-25(20)8-4-3-5-9-25/h6-7,14,16-17H,3-5,8-13,15H2,1-2H3,(H,27,35)(H,26,29,30). The van der Waals surface area contributed by atoms with Crippen LogP contribution < -0.4 is 15.5 Å². The van der Waals surface area contributed by atoms with E-state index in [1.807, 2.05) is 12.3 Å². The lowest BCUT2D eigenvalue weighted by Gasteiger charge is -2.39. The number of anilines is 3. The van der Waals surface area contributed by atoms with Crippen molar-refractivity contribution in [1.82, 2.24) is 34.8 Å². The third kappa shape index (κ3) is 3.99. The van der Waals surface area contributed by atoms with Gasteiger partial charge in [0.15, 0.2) is 11.3 Å². The van der Waals surface area contributed by atoms with Crippen molar-refractivity contribution in [2.45, 2.75) is 57.4 Å². The first kappa shape index (κ1) is 22.2. The van der Waals surface area contributed by atoms with E-state index in [-0.39, 0.29) is 11.3 Å². The number of fused-ring (bicyclic) bond motifs is 4. The van der Waals surface area contributed by atoms with Crippen molar-refractivity contribution in [2.75, 3.05) is 42.9 Å². The largest absolute Gasteiger partial charge is 0.368 e. The maximum Gasteiger partial charge on any atom is 0.272 e. The molecule has 2 N–H and O–H groups in total. The van der Waals surface area contributed by atoms with Crippen LogP contribution in [0.1, 0.15) is 62.0 Å². The Morgan fingerprint density at radius 3 is 2.57 bits per heavy atom. The zero-order chi connectivity index (χ0) is 24.0. The van der Waals surface area contributed by atoms with Crippen LogP contribution in [0.2, 0.25) is 0 Å². The van der Waals surface area contributed by atoms with Gasteiger partial charge in [-0.05, 0) is 38.8 Å². The first-order valence-corrected chi connectivity index (χ1v) is 12.8. The monoisotopic (exact) mass is 475 g/mol. The Morgan fingerprint density at radius 2 is 1.86 bits per heavy atom. The third-order valence-corrected chi connectivity index (χ3v) is 7.93. The summed E-state index contributed by atoms with van der Waals surface area (Å²) in [7, 11) is 0. The molecule has 0 atom stereocenters. The predicted molar refractivity (Wildman–Crippen MR) is 134 cm³/mol. The van der Waals surface area contributed by atoms with Crippen molar-refractivity contribution >= 4 is 29.0 Å². The number of pyridine rings is 1. The summed E-state index contributed by atoms with van der Waals surface area (Å²) in [5.41, 5.74) is 3.23. The lowest BCUT2D eigenvalue weighted by Crippen LogP contribution is -2.48. The molecule has 3 aliphatic rings. The number of rotatable bonds is 4. The molecule has 2 aliphatic heterocycles. The summed E-state index contributed by atoms with van der Waals surface area (Å²) < 4.78 is 1.64. The van der Waals surface area contributed by atoms with Crippen LogP contribution in [0, 0.1) is 0 Å². The van der Waals surface area contributed by atoms with Crippen LogP contribution in [-0.2, 0) is 5.41 Å². The average Bonchev–Trinajstić information content (AvgIpc) is 3.28. The van der Waals surface area contributed by atoms with E-state index in [1.165, 1.54) is 6.42 Å². The highest BCUT2D eigenvalue weighted by Gasteiger charge is 2.44. The number of nitrogens with zero attached hydrogens (tertiary/aromatic N) is 7. The first-order valence-electron chi connectivity index (χ1n) is 12.8. The topological polar surface area (TPSA) is 104 Å². The molecule has 0 aromatic carbocycles. The number of aromatic nitrogens is 5. The Kier molecular flexibility index (Phi) is 5.55. The van der Waals surface area contributed by atoms with E-state index in [9.17, 15) is 4.79 Å². The Labute approximate surface area is 205 Å². The van der Waals surface area contributed by atoms with Gasteiger partial charge in [0, 0.05) is 49.7 Å². The van der Waals surface area contributed by atoms with Gasteiger partial charge in [-0.15, -0.1) is 0 Å². The van der Waals surface area contributed by atoms with Gasteiger partial charge >= 0.3 is 0 Å². The highest BCUT2D eigenvalue weighted by molar-refractivity contribution is 5.97. The molecule has 2 fully saturated rings. The summed E-state index contributed by atoms with van der Waals surface area (Å²) in [6, 6.07) is 4.66. The van der Waals surface area contributed by atoms with Crippen molar-refractivity contribution < 1.29 is 4.79 Å². The summed E-state index contributed by atoms with van der Waals surface area (Å²) >= 11 is 0. The molecule has 1 saturated carbocycles. The van der Waals surface area contributed by atoms with E-state index in [0.29, 0.717) is 35.7 Å². The van der Waals surface area contributed by atoms with Crippen molar-refractivity contribution in [3.8, 4) is 0 Å². The van der Waals surface area contributed by atoms with Gasteiger partial charge in [0.1, 0.15) is 12.1 Å². The Bertz CT molecular complexity index is 1220.